The van der Waals surface area contributed by atoms with E-state index in [0.29, 0.717) is 5.56 Å². The second-order valence-electron chi connectivity index (χ2n) is 12.0. The molecule has 0 aliphatic carbocycles. The number of hydrogen-bond acceptors (Lipinski definition) is 9. The maximum absolute atomic E-state index is 12.5. The van der Waals surface area contributed by atoms with Crippen LogP contribution in [0.3, 0.4) is 0 Å². The summed E-state index contributed by atoms with van der Waals surface area (Å²) in [4.78, 5) is 49.3. The zero-order valence-corrected chi connectivity index (χ0v) is 23.1. The van der Waals surface area contributed by atoms with Gasteiger partial charge < -0.3 is 24.7 Å². The molecule has 2 N–H and O–H groups in total. The van der Waals surface area contributed by atoms with Gasteiger partial charge >= 0.3 is 23.9 Å². The van der Waals surface area contributed by atoms with Crippen LogP contribution >= 0.6 is 0 Å². The molecule has 9 heteroatoms. The second-order valence-corrected chi connectivity index (χ2v) is 12.0. The SMILES string of the molecule is C[C@@H](COC(=O)C(C)(C)C)OC(=O)[C@@H](N)Cc1ccc(OC(=O)C(C)(C)C)c(OC(=O)C(C)(C)C)c1. The second kappa shape index (κ2) is 11.9. The van der Waals surface area contributed by atoms with Crippen molar-refractivity contribution >= 4 is 23.9 Å². The third-order valence-corrected chi connectivity index (χ3v) is 4.78. The largest absolute Gasteiger partial charge is 0.461 e. The van der Waals surface area contributed by atoms with E-state index < -0.39 is 52.3 Å². The minimum absolute atomic E-state index is 0.0491. The van der Waals surface area contributed by atoms with E-state index in [0.717, 1.165) is 0 Å². The molecule has 0 fully saturated rings. The normalized spacial score (nSPS) is 13.9. The predicted molar refractivity (Wildman–Crippen MR) is 134 cm³/mol. The topological polar surface area (TPSA) is 131 Å². The lowest BCUT2D eigenvalue weighted by Crippen LogP contribution is -2.37. The lowest BCUT2D eigenvalue weighted by molar-refractivity contribution is -0.163. The van der Waals surface area contributed by atoms with Crippen molar-refractivity contribution < 1.29 is 38.1 Å². The summed E-state index contributed by atoms with van der Waals surface area (Å²) in [5.41, 5.74) is 4.38. The van der Waals surface area contributed by atoms with Crippen LogP contribution in [0.5, 0.6) is 11.5 Å². The number of rotatable bonds is 8. The van der Waals surface area contributed by atoms with E-state index in [1.165, 1.54) is 12.1 Å². The molecular weight excluding hydrogens is 466 g/mol. The first kappa shape index (κ1) is 31.1. The van der Waals surface area contributed by atoms with E-state index in [4.69, 9.17) is 24.7 Å². The van der Waals surface area contributed by atoms with E-state index >= 15 is 0 Å². The molecule has 1 aromatic rings. The van der Waals surface area contributed by atoms with Crippen molar-refractivity contribution in [2.45, 2.75) is 87.8 Å². The molecular formula is C27H41NO8. The third kappa shape index (κ3) is 9.97. The third-order valence-electron chi connectivity index (χ3n) is 4.78. The van der Waals surface area contributed by atoms with Crippen LogP contribution in [0.2, 0.25) is 0 Å². The average Bonchev–Trinajstić information content (AvgIpc) is 2.71. The van der Waals surface area contributed by atoms with Gasteiger partial charge in [-0.05, 0) is 93.4 Å². The van der Waals surface area contributed by atoms with Gasteiger partial charge in [0.1, 0.15) is 18.8 Å². The summed E-state index contributed by atoms with van der Waals surface area (Å²) in [5.74, 6) is -1.96. The Morgan fingerprint density at radius 2 is 1.25 bits per heavy atom. The number of nitrogens with two attached hydrogens (primary N) is 1. The van der Waals surface area contributed by atoms with Crippen LogP contribution in [0.15, 0.2) is 18.2 Å². The number of benzene rings is 1. The Balaban J connectivity index is 2.97. The van der Waals surface area contributed by atoms with Gasteiger partial charge in [-0.25, -0.2) is 0 Å². The lowest BCUT2D eigenvalue weighted by Gasteiger charge is -2.21. The molecule has 0 saturated carbocycles. The fraction of sp³-hybridized carbons (Fsp3) is 0.630. The molecule has 0 heterocycles. The molecule has 0 amide bonds. The first-order valence-corrected chi connectivity index (χ1v) is 11.9. The van der Waals surface area contributed by atoms with Crippen LogP contribution in [0.1, 0.15) is 74.8 Å². The summed E-state index contributed by atoms with van der Waals surface area (Å²) < 4.78 is 21.5. The molecule has 0 aliphatic heterocycles. The summed E-state index contributed by atoms with van der Waals surface area (Å²) in [6.45, 7) is 16.9. The molecule has 0 aromatic heterocycles. The van der Waals surface area contributed by atoms with E-state index in [9.17, 15) is 19.2 Å². The summed E-state index contributed by atoms with van der Waals surface area (Å²) in [6.07, 6.45) is -0.613. The van der Waals surface area contributed by atoms with Crippen molar-refractivity contribution in [3.05, 3.63) is 23.8 Å². The van der Waals surface area contributed by atoms with Crippen LogP contribution in [0.4, 0.5) is 0 Å². The number of esters is 4. The van der Waals surface area contributed by atoms with Crippen molar-refractivity contribution in [3.63, 3.8) is 0 Å². The van der Waals surface area contributed by atoms with Gasteiger partial charge in [-0.2, -0.15) is 0 Å². The summed E-state index contributed by atoms with van der Waals surface area (Å²) in [6, 6.07) is 3.61. The molecule has 9 nitrogen and oxygen atoms in total. The minimum Gasteiger partial charge on any atom is -0.461 e. The first-order valence-electron chi connectivity index (χ1n) is 11.9. The highest BCUT2D eigenvalue weighted by molar-refractivity contribution is 5.81. The van der Waals surface area contributed by atoms with Gasteiger partial charge in [0.25, 0.3) is 0 Å². The molecule has 2 atom stereocenters. The minimum atomic E-state index is -1.03. The lowest BCUT2D eigenvalue weighted by atomic mass is 9.97. The van der Waals surface area contributed by atoms with Crippen LogP contribution in [-0.4, -0.2) is 42.6 Å². The number of ether oxygens (including phenoxy) is 4. The zero-order valence-electron chi connectivity index (χ0n) is 23.1. The van der Waals surface area contributed by atoms with Gasteiger partial charge in [0.05, 0.1) is 16.2 Å². The summed E-state index contributed by atoms with van der Waals surface area (Å²) in [5, 5.41) is 0. The number of carbonyl (C=O) groups excluding carboxylic acids is 4. The van der Waals surface area contributed by atoms with Crippen molar-refractivity contribution in [2.24, 2.45) is 22.0 Å². The van der Waals surface area contributed by atoms with E-state index in [-0.39, 0.29) is 24.5 Å². The Morgan fingerprint density at radius 1 is 0.778 bits per heavy atom. The van der Waals surface area contributed by atoms with Gasteiger partial charge in [-0.3, -0.25) is 19.2 Å². The Hall–Kier alpha value is -2.94. The fourth-order valence-corrected chi connectivity index (χ4v) is 2.42. The molecule has 202 valence electrons. The highest BCUT2D eigenvalue weighted by Crippen LogP contribution is 2.33. The summed E-state index contributed by atoms with van der Waals surface area (Å²) in [7, 11) is 0. The molecule has 0 bridgehead atoms. The molecule has 0 saturated heterocycles. The molecule has 0 aliphatic rings. The van der Waals surface area contributed by atoms with Crippen LogP contribution in [-0.2, 0) is 35.1 Å². The molecule has 0 spiro atoms. The van der Waals surface area contributed by atoms with Crippen molar-refractivity contribution in [2.75, 3.05) is 6.61 Å². The summed E-state index contributed by atoms with van der Waals surface area (Å²) >= 11 is 0. The van der Waals surface area contributed by atoms with Gasteiger partial charge in [0, 0.05) is 0 Å². The smallest absolute Gasteiger partial charge is 0.323 e. The Kier molecular flexibility index (Phi) is 10.2. The highest BCUT2D eigenvalue weighted by atomic mass is 16.6. The van der Waals surface area contributed by atoms with E-state index in [1.54, 1.807) is 75.3 Å². The highest BCUT2D eigenvalue weighted by Gasteiger charge is 2.29. The van der Waals surface area contributed by atoms with Crippen molar-refractivity contribution in [3.8, 4) is 11.5 Å². The Labute approximate surface area is 214 Å². The molecule has 36 heavy (non-hydrogen) atoms. The van der Waals surface area contributed by atoms with E-state index in [2.05, 4.69) is 0 Å². The van der Waals surface area contributed by atoms with Gasteiger partial charge in [-0.15, -0.1) is 0 Å². The van der Waals surface area contributed by atoms with Gasteiger partial charge in [0.2, 0.25) is 0 Å². The van der Waals surface area contributed by atoms with Crippen molar-refractivity contribution in [1.82, 2.24) is 0 Å². The number of carbonyl (C=O) groups is 4. The molecule has 1 aromatic carbocycles. The first-order chi connectivity index (χ1) is 16.2. The fourth-order valence-electron chi connectivity index (χ4n) is 2.42. The maximum Gasteiger partial charge on any atom is 0.323 e. The van der Waals surface area contributed by atoms with Crippen LogP contribution in [0, 0.1) is 16.2 Å². The van der Waals surface area contributed by atoms with Crippen LogP contribution < -0.4 is 15.2 Å². The number of hydrogen-bond donors (Lipinski definition) is 1. The van der Waals surface area contributed by atoms with Gasteiger partial charge in [-0.1, -0.05) is 6.07 Å². The van der Waals surface area contributed by atoms with Crippen molar-refractivity contribution in [1.29, 1.82) is 0 Å². The quantitative estimate of drug-likeness (QED) is 0.410. The molecule has 1 rings (SSSR count). The molecule has 0 unspecified atom stereocenters. The zero-order chi connectivity index (χ0) is 28.1. The standard InChI is InChI=1S/C27H41NO8/c1-16(15-33-22(30)25(2,3)4)34-21(29)18(28)13-17-11-12-19(35-23(31)26(5,6)7)20(14-17)36-24(32)27(8,9)10/h11-12,14,16,18H,13,15,28H2,1-10H3/t16-,18-/m0/s1. The Bertz CT molecular complexity index is 963. The molecule has 0 radical (unpaired) electrons. The monoisotopic (exact) mass is 507 g/mol. The average molecular weight is 508 g/mol. The van der Waals surface area contributed by atoms with Gasteiger partial charge in [0.15, 0.2) is 11.5 Å². The Morgan fingerprint density at radius 3 is 1.72 bits per heavy atom. The van der Waals surface area contributed by atoms with E-state index in [1.807, 2.05) is 0 Å². The van der Waals surface area contributed by atoms with Crippen LogP contribution in [0.25, 0.3) is 0 Å². The maximum atomic E-state index is 12.5. The predicted octanol–water partition coefficient (Wildman–Crippen LogP) is 3.98.